The van der Waals surface area contributed by atoms with Crippen molar-refractivity contribution >= 4 is 11.9 Å². The van der Waals surface area contributed by atoms with Crippen molar-refractivity contribution in [3.05, 3.63) is 18.5 Å². The summed E-state index contributed by atoms with van der Waals surface area (Å²) in [7, 11) is 0. The van der Waals surface area contributed by atoms with Crippen molar-refractivity contribution in [1.82, 2.24) is 14.9 Å². The Morgan fingerprint density at radius 3 is 2.64 bits per heavy atom. The number of aromatic nitrogens is 2. The molecule has 1 aliphatic carbocycles. The number of hydrogen-bond acceptors (Lipinski definition) is 5. The van der Waals surface area contributed by atoms with Gasteiger partial charge in [-0.1, -0.05) is 19.8 Å². The summed E-state index contributed by atoms with van der Waals surface area (Å²) in [5, 5.41) is 2.81. The second-order valence-electron chi connectivity index (χ2n) is 7.35. The molecule has 25 heavy (non-hydrogen) atoms. The average molecular weight is 346 g/mol. The summed E-state index contributed by atoms with van der Waals surface area (Å²) >= 11 is 0. The molecule has 2 fully saturated rings. The van der Waals surface area contributed by atoms with E-state index in [0.717, 1.165) is 39.1 Å². The Labute approximate surface area is 150 Å². The third-order valence-corrected chi connectivity index (χ3v) is 5.53. The molecule has 2 aliphatic rings. The molecule has 1 aliphatic heterocycles. The number of ether oxygens (including phenoxy) is 1. The predicted octanol–water partition coefficient (Wildman–Crippen LogP) is 2.72. The first-order valence-corrected chi connectivity index (χ1v) is 9.64. The molecule has 1 aromatic rings. The maximum atomic E-state index is 12.3. The van der Waals surface area contributed by atoms with Crippen LogP contribution in [-0.4, -0.2) is 53.1 Å². The van der Waals surface area contributed by atoms with E-state index in [1.165, 1.54) is 25.7 Å². The van der Waals surface area contributed by atoms with E-state index in [1.54, 1.807) is 18.5 Å². The highest BCUT2D eigenvalue weighted by molar-refractivity contribution is 5.90. The summed E-state index contributed by atoms with van der Waals surface area (Å²) in [6, 6.07) is 1.74. The van der Waals surface area contributed by atoms with Crippen LogP contribution in [0.3, 0.4) is 0 Å². The van der Waals surface area contributed by atoms with E-state index >= 15 is 0 Å². The molecule has 6 heteroatoms. The SMILES string of the molecule is CC1CCCCC1OCCN1CCC(C(=O)Nc2ncccn2)CC1. The van der Waals surface area contributed by atoms with E-state index in [0.29, 0.717) is 18.0 Å². The first kappa shape index (κ1) is 18.3. The number of carbonyl (C=O) groups is 1. The van der Waals surface area contributed by atoms with Crippen LogP contribution in [0.25, 0.3) is 0 Å². The van der Waals surface area contributed by atoms with Crippen LogP contribution in [0.2, 0.25) is 0 Å². The highest BCUT2D eigenvalue weighted by atomic mass is 16.5. The minimum absolute atomic E-state index is 0.0399. The van der Waals surface area contributed by atoms with Gasteiger partial charge in [0.2, 0.25) is 11.9 Å². The smallest absolute Gasteiger partial charge is 0.229 e. The van der Waals surface area contributed by atoms with Gasteiger partial charge in [-0.25, -0.2) is 9.97 Å². The van der Waals surface area contributed by atoms with Gasteiger partial charge in [0.25, 0.3) is 0 Å². The maximum Gasteiger partial charge on any atom is 0.229 e. The van der Waals surface area contributed by atoms with Crippen LogP contribution < -0.4 is 5.32 Å². The van der Waals surface area contributed by atoms with Crippen LogP contribution in [0.15, 0.2) is 18.5 Å². The first-order chi connectivity index (χ1) is 12.2. The van der Waals surface area contributed by atoms with Gasteiger partial charge in [-0.2, -0.15) is 0 Å². The van der Waals surface area contributed by atoms with Gasteiger partial charge in [0.1, 0.15) is 0 Å². The zero-order valence-corrected chi connectivity index (χ0v) is 15.2. The summed E-state index contributed by atoms with van der Waals surface area (Å²) in [5.41, 5.74) is 0. The summed E-state index contributed by atoms with van der Waals surface area (Å²) in [6.45, 7) is 6.00. The molecule has 2 heterocycles. The van der Waals surface area contributed by atoms with E-state index in [9.17, 15) is 4.79 Å². The Hall–Kier alpha value is -1.53. The zero-order chi connectivity index (χ0) is 17.5. The Bertz CT molecular complexity index is 531. The maximum absolute atomic E-state index is 12.3. The number of carbonyl (C=O) groups excluding carboxylic acids is 1. The Balaban J connectivity index is 1.33. The molecule has 1 amide bonds. The van der Waals surface area contributed by atoms with E-state index < -0.39 is 0 Å². The second-order valence-corrected chi connectivity index (χ2v) is 7.35. The molecule has 0 aromatic carbocycles. The van der Waals surface area contributed by atoms with Gasteiger partial charge in [0.05, 0.1) is 12.7 Å². The van der Waals surface area contributed by atoms with Crippen molar-refractivity contribution in [2.75, 3.05) is 31.6 Å². The first-order valence-electron chi connectivity index (χ1n) is 9.64. The van der Waals surface area contributed by atoms with Crippen molar-refractivity contribution in [2.24, 2.45) is 11.8 Å². The lowest BCUT2D eigenvalue weighted by Gasteiger charge is -2.33. The van der Waals surface area contributed by atoms with Crippen LogP contribution in [-0.2, 0) is 9.53 Å². The minimum Gasteiger partial charge on any atom is -0.377 e. The van der Waals surface area contributed by atoms with Crippen LogP contribution >= 0.6 is 0 Å². The molecule has 1 N–H and O–H groups in total. The molecule has 1 saturated heterocycles. The number of amides is 1. The van der Waals surface area contributed by atoms with Crippen LogP contribution in [0.4, 0.5) is 5.95 Å². The van der Waals surface area contributed by atoms with E-state index in [2.05, 4.69) is 27.1 Å². The topological polar surface area (TPSA) is 67.3 Å². The Morgan fingerprint density at radius 2 is 1.92 bits per heavy atom. The molecule has 0 spiro atoms. The standard InChI is InChI=1S/C19H30N4O2/c1-15-5-2-3-6-17(15)25-14-13-23-11-7-16(8-12-23)18(24)22-19-20-9-4-10-21-19/h4,9-10,15-17H,2-3,5-8,11-14H2,1H3,(H,20,21,22,24). The highest BCUT2D eigenvalue weighted by Crippen LogP contribution is 2.26. The second kappa shape index (κ2) is 9.25. The molecule has 6 nitrogen and oxygen atoms in total. The summed E-state index contributed by atoms with van der Waals surface area (Å²) in [4.78, 5) is 22.8. The largest absolute Gasteiger partial charge is 0.377 e. The van der Waals surface area contributed by atoms with Gasteiger partial charge >= 0.3 is 0 Å². The molecule has 1 aromatic heterocycles. The van der Waals surface area contributed by atoms with E-state index in [4.69, 9.17) is 4.74 Å². The summed E-state index contributed by atoms with van der Waals surface area (Å²) in [6.07, 6.45) is 10.7. The normalized spacial score (nSPS) is 25.6. The molecule has 138 valence electrons. The van der Waals surface area contributed by atoms with Crippen LogP contribution in [0, 0.1) is 11.8 Å². The van der Waals surface area contributed by atoms with Crippen molar-refractivity contribution < 1.29 is 9.53 Å². The van der Waals surface area contributed by atoms with E-state index in [-0.39, 0.29) is 11.8 Å². The quantitative estimate of drug-likeness (QED) is 0.858. The molecule has 2 unspecified atom stereocenters. The third-order valence-electron chi connectivity index (χ3n) is 5.53. The number of nitrogens with zero attached hydrogens (tertiary/aromatic N) is 3. The van der Waals surface area contributed by atoms with Gasteiger partial charge in [0, 0.05) is 24.9 Å². The van der Waals surface area contributed by atoms with Crippen LogP contribution in [0.1, 0.15) is 45.4 Å². The van der Waals surface area contributed by atoms with Crippen molar-refractivity contribution in [3.63, 3.8) is 0 Å². The van der Waals surface area contributed by atoms with Crippen molar-refractivity contribution in [3.8, 4) is 0 Å². The van der Waals surface area contributed by atoms with Gasteiger partial charge in [-0.3, -0.25) is 10.1 Å². The molecule has 0 bridgehead atoms. The van der Waals surface area contributed by atoms with Gasteiger partial charge in [-0.15, -0.1) is 0 Å². The van der Waals surface area contributed by atoms with Crippen LogP contribution in [0.5, 0.6) is 0 Å². The summed E-state index contributed by atoms with van der Waals surface area (Å²) in [5.74, 6) is 1.19. The molecule has 2 atom stereocenters. The van der Waals surface area contributed by atoms with E-state index in [1.807, 2.05) is 0 Å². The average Bonchev–Trinajstić information content (AvgIpc) is 2.65. The molecule has 1 saturated carbocycles. The highest BCUT2D eigenvalue weighted by Gasteiger charge is 2.26. The van der Waals surface area contributed by atoms with Gasteiger partial charge < -0.3 is 9.64 Å². The number of likely N-dealkylation sites (tertiary alicyclic amines) is 1. The lowest BCUT2D eigenvalue weighted by molar-refractivity contribution is -0.121. The number of piperidine rings is 1. The number of anilines is 1. The fourth-order valence-corrected chi connectivity index (χ4v) is 3.86. The fourth-order valence-electron chi connectivity index (χ4n) is 3.86. The third kappa shape index (κ3) is 5.47. The number of hydrogen-bond donors (Lipinski definition) is 1. The fraction of sp³-hybridized carbons (Fsp3) is 0.737. The Kier molecular flexibility index (Phi) is 6.76. The molecule has 3 rings (SSSR count). The lowest BCUT2D eigenvalue weighted by atomic mass is 9.88. The monoisotopic (exact) mass is 346 g/mol. The minimum atomic E-state index is 0.0399. The summed E-state index contributed by atoms with van der Waals surface area (Å²) < 4.78 is 6.11. The number of nitrogens with one attached hydrogen (secondary N) is 1. The van der Waals surface area contributed by atoms with Crippen molar-refractivity contribution in [1.29, 1.82) is 0 Å². The molecule has 0 radical (unpaired) electrons. The molecular weight excluding hydrogens is 316 g/mol. The predicted molar refractivity (Wildman–Crippen MR) is 97.2 cm³/mol. The van der Waals surface area contributed by atoms with Crippen molar-refractivity contribution in [2.45, 2.75) is 51.6 Å². The van der Waals surface area contributed by atoms with Gasteiger partial charge in [-0.05, 0) is 50.8 Å². The zero-order valence-electron chi connectivity index (χ0n) is 15.2. The Morgan fingerprint density at radius 1 is 1.20 bits per heavy atom. The molecular formula is C19H30N4O2. The lowest BCUT2D eigenvalue weighted by Crippen LogP contribution is -2.40. The van der Waals surface area contributed by atoms with Gasteiger partial charge in [0.15, 0.2) is 0 Å². The number of rotatable bonds is 6.